The first-order valence-electron chi connectivity index (χ1n) is 9.46. The van der Waals surface area contributed by atoms with E-state index in [1.54, 1.807) is 0 Å². The van der Waals surface area contributed by atoms with Gasteiger partial charge in [-0.25, -0.2) is 0 Å². The van der Waals surface area contributed by atoms with Crippen LogP contribution in [0.2, 0.25) is 0 Å². The van der Waals surface area contributed by atoms with Crippen molar-refractivity contribution in [3.05, 3.63) is 96.1 Å². The van der Waals surface area contributed by atoms with Gasteiger partial charge in [-0.3, -0.25) is 0 Å². The Balaban J connectivity index is 2.07. The van der Waals surface area contributed by atoms with E-state index in [9.17, 15) is 0 Å². The largest absolute Gasteiger partial charge is 0.399 e. The Bertz CT molecular complexity index is 1130. The van der Waals surface area contributed by atoms with Crippen LogP contribution >= 0.6 is 0 Å². The van der Waals surface area contributed by atoms with Crippen molar-refractivity contribution in [2.24, 2.45) is 0 Å². The molecule has 0 radical (unpaired) electrons. The number of nitrogen functional groups attached to an aromatic ring is 2. The molecule has 0 aliphatic rings. The summed E-state index contributed by atoms with van der Waals surface area (Å²) in [5, 5.41) is 0. The summed E-state index contributed by atoms with van der Waals surface area (Å²) in [5.74, 6) is 0. The summed E-state index contributed by atoms with van der Waals surface area (Å²) in [4.78, 5) is 0. The van der Waals surface area contributed by atoms with Gasteiger partial charge >= 0.3 is 0 Å². The SMILES string of the molecule is Cc1cc(N)ccc1-c1cc(-c2ccccc2)c(N)c(-c2ccccc2)c1C. The summed E-state index contributed by atoms with van der Waals surface area (Å²) in [6, 6.07) is 29.0. The molecule has 4 aromatic rings. The lowest BCUT2D eigenvalue weighted by Gasteiger charge is -2.20. The van der Waals surface area contributed by atoms with Crippen LogP contribution in [-0.2, 0) is 0 Å². The highest BCUT2D eigenvalue weighted by molar-refractivity contribution is 5.96. The molecule has 0 atom stereocenters. The quantitative estimate of drug-likeness (QED) is 0.409. The van der Waals surface area contributed by atoms with Crippen LogP contribution < -0.4 is 11.5 Å². The molecule has 0 fully saturated rings. The van der Waals surface area contributed by atoms with Crippen molar-refractivity contribution >= 4 is 11.4 Å². The Morgan fingerprint density at radius 2 is 1.18 bits per heavy atom. The van der Waals surface area contributed by atoms with Crippen molar-refractivity contribution in [1.82, 2.24) is 0 Å². The summed E-state index contributed by atoms with van der Waals surface area (Å²) in [5.41, 5.74) is 23.4. The Morgan fingerprint density at radius 3 is 1.79 bits per heavy atom. The molecular formula is C26H24N2. The van der Waals surface area contributed by atoms with E-state index in [4.69, 9.17) is 11.5 Å². The van der Waals surface area contributed by atoms with Gasteiger partial charge in [0.25, 0.3) is 0 Å². The van der Waals surface area contributed by atoms with Crippen molar-refractivity contribution in [3.8, 4) is 33.4 Å². The number of anilines is 2. The molecule has 0 aliphatic heterocycles. The summed E-state index contributed by atoms with van der Waals surface area (Å²) < 4.78 is 0. The maximum Gasteiger partial charge on any atom is 0.0476 e. The average Bonchev–Trinajstić information content (AvgIpc) is 2.70. The summed E-state index contributed by atoms with van der Waals surface area (Å²) in [7, 11) is 0. The van der Waals surface area contributed by atoms with Gasteiger partial charge in [-0.05, 0) is 65.4 Å². The lowest BCUT2D eigenvalue weighted by atomic mass is 9.85. The predicted molar refractivity (Wildman–Crippen MR) is 121 cm³/mol. The van der Waals surface area contributed by atoms with Gasteiger partial charge < -0.3 is 11.5 Å². The summed E-state index contributed by atoms with van der Waals surface area (Å²) in [6.07, 6.45) is 0. The topological polar surface area (TPSA) is 52.0 Å². The van der Waals surface area contributed by atoms with Crippen LogP contribution in [0.25, 0.3) is 33.4 Å². The number of aryl methyl sites for hydroxylation is 1. The second-order valence-corrected chi connectivity index (χ2v) is 7.19. The van der Waals surface area contributed by atoms with Crippen molar-refractivity contribution < 1.29 is 0 Å². The van der Waals surface area contributed by atoms with Crippen LogP contribution in [0.1, 0.15) is 11.1 Å². The number of benzene rings is 4. The zero-order valence-electron chi connectivity index (χ0n) is 16.2. The average molecular weight is 364 g/mol. The van der Waals surface area contributed by atoms with E-state index in [1.807, 2.05) is 36.4 Å². The van der Waals surface area contributed by atoms with Gasteiger partial charge in [0.2, 0.25) is 0 Å². The third kappa shape index (κ3) is 3.14. The molecule has 2 heteroatoms. The molecule has 0 amide bonds. The molecule has 4 aromatic carbocycles. The standard InChI is InChI=1S/C26H24N2/c1-17-15-21(27)13-14-22(17)23-16-24(19-9-5-3-6-10-19)26(28)25(18(23)2)20-11-7-4-8-12-20/h3-16H,27-28H2,1-2H3. The molecule has 0 heterocycles. The fourth-order valence-electron chi connectivity index (χ4n) is 3.90. The Hall–Kier alpha value is -3.52. The number of rotatable bonds is 3. The second-order valence-electron chi connectivity index (χ2n) is 7.19. The Labute approximate surface area is 166 Å². The molecule has 4 N–H and O–H groups in total. The van der Waals surface area contributed by atoms with Gasteiger partial charge in [0.05, 0.1) is 0 Å². The highest BCUT2D eigenvalue weighted by atomic mass is 14.6. The number of nitrogens with two attached hydrogens (primary N) is 2. The molecule has 0 bridgehead atoms. The Kier molecular flexibility index (Phi) is 4.62. The minimum absolute atomic E-state index is 0.779. The van der Waals surface area contributed by atoms with Crippen LogP contribution in [0.15, 0.2) is 84.9 Å². The van der Waals surface area contributed by atoms with Crippen molar-refractivity contribution in [2.45, 2.75) is 13.8 Å². The van der Waals surface area contributed by atoms with Crippen molar-refractivity contribution in [1.29, 1.82) is 0 Å². The van der Waals surface area contributed by atoms with Gasteiger partial charge in [-0.1, -0.05) is 66.7 Å². The zero-order valence-corrected chi connectivity index (χ0v) is 16.2. The van der Waals surface area contributed by atoms with Gasteiger partial charge in [-0.2, -0.15) is 0 Å². The lowest BCUT2D eigenvalue weighted by Crippen LogP contribution is -2.00. The fourth-order valence-corrected chi connectivity index (χ4v) is 3.90. The maximum atomic E-state index is 6.74. The van der Waals surface area contributed by atoms with Crippen LogP contribution in [0.3, 0.4) is 0 Å². The van der Waals surface area contributed by atoms with Crippen LogP contribution in [0, 0.1) is 13.8 Å². The molecule has 28 heavy (non-hydrogen) atoms. The minimum atomic E-state index is 0.779. The first kappa shape index (κ1) is 17.9. The van der Waals surface area contributed by atoms with E-state index in [1.165, 1.54) is 16.7 Å². The van der Waals surface area contributed by atoms with E-state index in [2.05, 4.69) is 62.4 Å². The zero-order chi connectivity index (χ0) is 19.7. The van der Waals surface area contributed by atoms with Crippen LogP contribution in [0.5, 0.6) is 0 Å². The van der Waals surface area contributed by atoms with Crippen LogP contribution in [0.4, 0.5) is 11.4 Å². The number of hydrogen-bond acceptors (Lipinski definition) is 2. The molecule has 0 saturated heterocycles. The minimum Gasteiger partial charge on any atom is -0.399 e. The summed E-state index contributed by atoms with van der Waals surface area (Å²) >= 11 is 0. The van der Waals surface area contributed by atoms with Gasteiger partial charge in [0.1, 0.15) is 0 Å². The fraction of sp³-hybridized carbons (Fsp3) is 0.0769. The molecule has 0 aliphatic carbocycles. The molecule has 0 unspecified atom stereocenters. The first-order valence-corrected chi connectivity index (χ1v) is 9.46. The molecule has 138 valence electrons. The van der Waals surface area contributed by atoms with Crippen molar-refractivity contribution in [3.63, 3.8) is 0 Å². The van der Waals surface area contributed by atoms with Gasteiger partial charge in [0.15, 0.2) is 0 Å². The van der Waals surface area contributed by atoms with Crippen molar-refractivity contribution in [2.75, 3.05) is 11.5 Å². The predicted octanol–water partition coefficient (Wildman–Crippen LogP) is 6.47. The molecule has 2 nitrogen and oxygen atoms in total. The van der Waals surface area contributed by atoms with Gasteiger partial charge in [0, 0.05) is 22.5 Å². The molecular weight excluding hydrogens is 340 g/mol. The third-order valence-corrected chi connectivity index (χ3v) is 5.32. The first-order chi connectivity index (χ1) is 13.6. The lowest BCUT2D eigenvalue weighted by molar-refractivity contribution is 1.40. The molecule has 0 aromatic heterocycles. The summed E-state index contributed by atoms with van der Waals surface area (Å²) in [6.45, 7) is 4.25. The molecule has 4 rings (SSSR count). The smallest absolute Gasteiger partial charge is 0.0476 e. The highest BCUT2D eigenvalue weighted by Gasteiger charge is 2.18. The molecule has 0 saturated carbocycles. The molecule has 0 spiro atoms. The number of hydrogen-bond donors (Lipinski definition) is 2. The van der Waals surface area contributed by atoms with E-state index in [-0.39, 0.29) is 0 Å². The monoisotopic (exact) mass is 364 g/mol. The maximum absolute atomic E-state index is 6.74. The van der Waals surface area contributed by atoms with Gasteiger partial charge in [-0.15, -0.1) is 0 Å². The normalized spacial score (nSPS) is 10.8. The van der Waals surface area contributed by atoms with E-state index < -0.39 is 0 Å². The third-order valence-electron chi connectivity index (χ3n) is 5.32. The van der Waals surface area contributed by atoms with E-state index in [0.717, 1.165) is 39.2 Å². The second kappa shape index (κ2) is 7.24. The Morgan fingerprint density at radius 1 is 0.571 bits per heavy atom. The van der Waals surface area contributed by atoms with E-state index >= 15 is 0 Å². The highest BCUT2D eigenvalue weighted by Crippen LogP contribution is 2.43. The van der Waals surface area contributed by atoms with E-state index in [0.29, 0.717) is 0 Å². The van der Waals surface area contributed by atoms with Crippen LogP contribution in [-0.4, -0.2) is 0 Å².